The van der Waals surface area contributed by atoms with E-state index in [0.717, 1.165) is 5.56 Å². The summed E-state index contributed by atoms with van der Waals surface area (Å²) in [6.45, 7) is 1.83. The van der Waals surface area contributed by atoms with Gasteiger partial charge in [-0.3, -0.25) is 4.39 Å². The van der Waals surface area contributed by atoms with Crippen LogP contribution in [-0.4, -0.2) is 4.98 Å². The van der Waals surface area contributed by atoms with Crippen LogP contribution >= 0.6 is 22.6 Å². The van der Waals surface area contributed by atoms with Crippen LogP contribution in [0, 0.1) is 22.5 Å². The van der Waals surface area contributed by atoms with Crippen LogP contribution in [0.25, 0.3) is 0 Å². The Morgan fingerprint density at radius 3 is 2.70 bits per heavy atom. The zero-order valence-electron chi connectivity index (χ0n) is 5.78. The molecule has 1 rings (SSSR count). The van der Waals surface area contributed by atoms with Crippen LogP contribution in [-0.2, 0) is 0 Å². The molecule has 0 spiro atoms. The maximum atomic E-state index is 12.3. The molecule has 0 amide bonds. The second kappa shape index (κ2) is 4.32. The molecule has 48 valence electrons. The van der Waals surface area contributed by atoms with Gasteiger partial charge < -0.3 is 4.98 Å². The Morgan fingerprint density at radius 1 is 1.70 bits per heavy atom. The van der Waals surface area contributed by atoms with Gasteiger partial charge in [-0.25, -0.2) is 0 Å². The molecule has 0 radical (unpaired) electrons. The van der Waals surface area contributed by atoms with Gasteiger partial charge in [-0.15, -0.1) is 5.56 Å². The molecule has 0 unspecified atom stereocenters. The van der Waals surface area contributed by atoms with Crippen molar-refractivity contribution < 1.29 is 23.3 Å². The first kappa shape index (κ1) is 10.4. The summed E-state index contributed by atoms with van der Waals surface area (Å²) in [4.78, 5) is 3.47. The van der Waals surface area contributed by atoms with Crippen molar-refractivity contribution in [2.24, 2.45) is 0 Å². The summed E-state index contributed by atoms with van der Waals surface area (Å²) < 4.78 is 12.8. The number of nitrogens with zero attached hydrogens (tertiary/aromatic N) is 1. The van der Waals surface area contributed by atoms with Crippen molar-refractivity contribution in [1.29, 1.82) is 0 Å². The maximum absolute atomic E-state index is 12.3. The molecule has 4 heteroatoms. The molecular formula is C6H4FILiN. The third-order valence-corrected chi connectivity index (χ3v) is 1.57. The Balaban J connectivity index is 0.000000810. The topological polar surface area (TPSA) is 12.9 Å². The Kier molecular flexibility index (Phi) is 4.50. The molecule has 0 saturated carbocycles. The zero-order valence-corrected chi connectivity index (χ0v) is 7.94. The van der Waals surface area contributed by atoms with E-state index in [0.29, 0.717) is 3.57 Å². The molecule has 0 bridgehead atoms. The number of pyridine rings is 1. The molecule has 1 nitrogen and oxygen atoms in total. The fourth-order valence-electron chi connectivity index (χ4n) is 0.467. The molecule has 1 aromatic heterocycles. The van der Waals surface area contributed by atoms with Crippen molar-refractivity contribution in [3.05, 3.63) is 27.3 Å². The fourth-order valence-corrected chi connectivity index (χ4v) is 1.03. The predicted octanol–water partition coefficient (Wildman–Crippen LogP) is -1.06. The monoisotopic (exact) mass is 243 g/mol. The van der Waals surface area contributed by atoms with Gasteiger partial charge in [-0.05, 0) is 3.57 Å². The third kappa shape index (κ3) is 2.57. The van der Waals surface area contributed by atoms with Crippen LogP contribution in [0.5, 0.6) is 0 Å². The molecule has 0 atom stereocenters. The van der Waals surface area contributed by atoms with Gasteiger partial charge in [0.25, 0.3) is 0 Å². The van der Waals surface area contributed by atoms with Gasteiger partial charge in [0, 0.05) is 0 Å². The number of hydrogen-bond donors (Lipinski definition) is 0. The molecule has 0 aromatic carbocycles. The molecule has 1 heterocycles. The second-order valence-corrected chi connectivity index (χ2v) is 2.75. The van der Waals surface area contributed by atoms with Crippen molar-refractivity contribution in [2.75, 3.05) is 0 Å². The summed E-state index contributed by atoms with van der Waals surface area (Å²) in [6, 6.07) is 2.79. The van der Waals surface area contributed by atoms with E-state index in [-0.39, 0.29) is 18.9 Å². The SMILES string of the molecule is Cc1[c-]c(I)c(F)nc1.[Li+]. The van der Waals surface area contributed by atoms with Crippen molar-refractivity contribution in [3.8, 4) is 0 Å². The average Bonchev–Trinajstić information content (AvgIpc) is 1.80. The molecule has 0 aliphatic rings. The van der Waals surface area contributed by atoms with E-state index in [2.05, 4.69) is 11.1 Å². The summed E-state index contributed by atoms with van der Waals surface area (Å²) in [6.07, 6.45) is 1.46. The summed E-state index contributed by atoms with van der Waals surface area (Å²) >= 11 is 1.86. The Labute approximate surface area is 84.7 Å². The number of hydrogen-bond acceptors (Lipinski definition) is 1. The van der Waals surface area contributed by atoms with Crippen LogP contribution in [0.1, 0.15) is 5.56 Å². The van der Waals surface area contributed by atoms with E-state index in [1.807, 2.05) is 29.5 Å². The van der Waals surface area contributed by atoms with E-state index >= 15 is 0 Å². The van der Waals surface area contributed by atoms with Crippen LogP contribution < -0.4 is 18.9 Å². The van der Waals surface area contributed by atoms with Gasteiger partial charge in [0.05, 0.1) is 0 Å². The van der Waals surface area contributed by atoms with E-state index in [4.69, 9.17) is 0 Å². The summed E-state index contributed by atoms with van der Waals surface area (Å²) in [5.74, 6) is -0.443. The van der Waals surface area contributed by atoms with Crippen LogP contribution in [0.15, 0.2) is 6.20 Å². The molecule has 10 heavy (non-hydrogen) atoms. The minimum atomic E-state index is -0.443. The smallest absolute Gasteiger partial charge is 0.357 e. The van der Waals surface area contributed by atoms with Crippen molar-refractivity contribution >= 4 is 22.6 Å². The Bertz CT molecular complexity index is 229. The number of aryl methyl sites for hydroxylation is 1. The van der Waals surface area contributed by atoms with Gasteiger partial charge in [-0.2, -0.15) is 6.07 Å². The minimum Gasteiger partial charge on any atom is -0.357 e. The fraction of sp³-hybridized carbons (Fsp3) is 0.167. The van der Waals surface area contributed by atoms with Crippen molar-refractivity contribution in [3.63, 3.8) is 0 Å². The molecule has 0 aliphatic carbocycles. The summed E-state index contributed by atoms with van der Waals surface area (Å²) in [5, 5.41) is 0. The molecule has 1 aromatic rings. The largest absolute Gasteiger partial charge is 1.00 e. The van der Waals surface area contributed by atoms with Crippen LogP contribution in [0.4, 0.5) is 4.39 Å². The third-order valence-electron chi connectivity index (χ3n) is 0.860. The van der Waals surface area contributed by atoms with Crippen molar-refractivity contribution in [2.45, 2.75) is 6.92 Å². The Morgan fingerprint density at radius 2 is 2.30 bits per heavy atom. The van der Waals surface area contributed by atoms with Gasteiger partial charge in [0.2, 0.25) is 0 Å². The van der Waals surface area contributed by atoms with Gasteiger partial charge in [0.15, 0.2) is 0 Å². The Hall–Kier alpha value is 0.407. The summed E-state index contributed by atoms with van der Waals surface area (Å²) in [5.41, 5.74) is 0.862. The van der Waals surface area contributed by atoms with Crippen LogP contribution in [0.2, 0.25) is 0 Å². The van der Waals surface area contributed by atoms with Gasteiger partial charge >= 0.3 is 18.9 Å². The molecule has 0 saturated heterocycles. The van der Waals surface area contributed by atoms with Crippen LogP contribution in [0.3, 0.4) is 0 Å². The number of halogens is 2. The number of rotatable bonds is 0. The average molecular weight is 243 g/mol. The molecule has 0 aliphatic heterocycles. The first-order valence-electron chi connectivity index (χ1n) is 2.40. The number of aromatic nitrogens is 1. The second-order valence-electron chi connectivity index (χ2n) is 1.67. The normalized spacial score (nSPS) is 8.70. The van der Waals surface area contributed by atoms with E-state index < -0.39 is 5.95 Å². The first-order chi connectivity index (χ1) is 4.20. The van der Waals surface area contributed by atoms with E-state index in [1.54, 1.807) is 0 Å². The predicted molar refractivity (Wildman–Crippen MR) is 40.5 cm³/mol. The first-order valence-corrected chi connectivity index (χ1v) is 3.48. The zero-order chi connectivity index (χ0) is 6.85. The van der Waals surface area contributed by atoms with Gasteiger partial charge in [-0.1, -0.05) is 35.7 Å². The molecular weight excluding hydrogens is 239 g/mol. The molecule has 0 fully saturated rings. The van der Waals surface area contributed by atoms with Gasteiger partial charge in [0.1, 0.15) is 5.95 Å². The summed E-state index contributed by atoms with van der Waals surface area (Å²) in [7, 11) is 0. The van der Waals surface area contributed by atoms with E-state index in [9.17, 15) is 4.39 Å². The van der Waals surface area contributed by atoms with E-state index in [1.165, 1.54) is 6.20 Å². The minimum absolute atomic E-state index is 0. The molecule has 0 N–H and O–H groups in total. The van der Waals surface area contributed by atoms with Crippen molar-refractivity contribution in [1.82, 2.24) is 4.98 Å². The maximum Gasteiger partial charge on any atom is 1.00 e. The quantitative estimate of drug-likeness (QED) is 0.245. The standard InChI is InChI=1S/C6H4FIN.Li/c1-4-2-5(8)6(7)9-3-4;/h3H,1H3;/q-1;+1.